The van der Waals surface area contributed by atoms with Gasteiger partial charge in [0.15, 0.2) is 13.4 Å². The van der Waals surface area contributed by atoms with Crippen molar-refractivity contribution in [2.45, 2.75) is 27.3 Å². The Balaban J connectivity index is 2.17. The lowest BCUT2D eigenvalue weighted by Gasteiger charge is -2.15. The summed E-state index contributed by atoms with van der Waals surface area (Å²) in [4.78, 5) is 0. The Morgan fingerprint density at radius 3 is 1.00 bits per heavy atom. The Morgan fingerprint density at radius 2 is 0.773 bits per heavy atom. The molecule has 22 heavy (non-hydrogen) atoms. The maximum Gasteiger partial charge on any atom is 0.169 e. The lowest BCUT2D eigenvalue weighted by Crippen LogP contribution is -2.23. The van der Waals surface area contributed by atoms with Gasteiger partial charge < -0.3 is 0 Å². The van der Waals surface area contributed by atoms with Crippen molar-refractivity contribution in [3.8, 4) is 0 Å². The van der Waals surface area contributed by atoms with E-state index in [1.54, 1.807) is 0 Å². The fourth-order valence-electron chi connectivity index (χ4n) is 3.55. The van der Waals surface area contributed by atoms with E-state index in [-0.39, 0.29) is 0 Å². The first kappa shape index (κ1) is 13.7. The van der Waals surface area contributed by atoms with E-state index in [1.165, 1.54) is 43.2 Å². The molecule has 0 radical (unpaired) electrons. The highest BCUT2D eigenvalue weighted by Gasteiger charge is 2.13. The van der Waals surface area contributed by atoms with Gasteiger partial charge in [-0.15, -0.1) is 0 Å². The third-order valence-corrected chi connectivity index (χ3v) is 4.91. The highest BCUT2D eigenvalue weighted by molar-refractivity contribution is 6.71. The molecule has 0 fully saturated rings. The van der Waals surface area contributed by atoms with Crippen LogP contribution in [0.2, 0.25) is 27.3 Å². The Labute approximate surface area is 133 Å². The quantitative estimate of drug-likeness (QED) is 0.375. The third kappa shape index (κ3) is 1.94. The molecule has 2 heteroatoms. The Hall–Kier alpha value is -1.95. The summed E-state index contributed by atoms with van der Waals surface area (Å²) < 4.78 is 0. The van der Waals surface area contributed by atoms with Crippen molar-refractivity contribution in [1.82, 2.24) is 0 Å². The van der Waals surface area contributed by atoms with Gasteiger partial charge in [-0.05, 0) is 32.3 Å². The lowest BCUT2D eigenvalue weighted by molar-refractivity contribution is 1.80. The van der Waals surface area contributed by atoms with Gasteiger partial charge in [0.25, 0.3) is 0 Å². The average molecular weight is 282 g/mol. The molecule has 4 aromatic carbocycles. The van der Waals surface area contributed by atoms with Crippen LogP contribution in [0, 0.1) is 0 Å². The summed E-state index contributed by atoms with van der Waals surface area (Å²) in [5, 5.41) is 8.34. The second kappa shape index (κ2) is 4.78. The normalized spacial score (nSPS) is 11.6. The predicted octanol–water partition coefficient (Wildman–Crippen LogP) is 4.51. The van der Waals surface area contributed by atoms with E-state index in [1.807, 2.05) is 0 Å². The summed E-state index contributed by atoms with van der Waals surface area (Å²) in [6, 6.07) is 18.6. The van der Waals surface area contributed by atoms with Crippen molar-refractivity contribution < 1.29 is 0 Å². The van der Waals surface area contributed by atoms with Crippen molar-refractivity contribution in [2.24, 2.45) is 0 Å². The number of hydrogen-bond acceptors (Lipinski definition) is 0. The lowest BCUT2D eigenvalue weighted by atomic mass is 9.49. The van der Waals surface area contributed by atoms with Gasteiger partial charge in [0.05, 0.1) is 0 Å². The van der Waals surface area contributed by atoms with Crippen LogP contribution < -0.4 is 10.9 Å². The Bertz CT molecular complexity index is 835. The molecule has 4 rings (SSSR count). The molecule has 0 atom stereocenters. The van der Waals surface area contributed by atoms with Crippen LogP contribution in [0.4, 0.5) is 0 Å². The third-order valence-electron chi connectivity index (χ3n) is 4.91. The zero-order valence-corrected chi connectivity index (χ0v) is 13.8. The minimum Gasteiger partial charge on any atom is -0.0819 e. The SMILES string of the molecule is CB(C)c1cc2ccc3cc(B(C)C)cc4ccc(c1)c2c34. The van der Waals surface area contributed by atoms with E-state index < -0.39 is 0 Å². The maximum atomic E-state index is 2.36. The van der Waals surface area contributed by atoms with Gasteiger partial charge in [0.1, 0.15) is 0 Å². The summed E-state index contributed by atoms with van der Waals surface area (Å²) in [5.41, 5.74) is 2.85. The molecule has 0 aromatic heterocycles. The van der Waals surface area contributed by atoms with Crippen LogP contribution in [0.1, 0.15) is 0 Å². The molecule has 0 amide bonds. The minimum atomic E-state index is 0.564. The molecular weight excluding hydrogens is 262 g/mol. The summed E-state index contributed by atoms with van der Waals surface area (Å²) in [5.74, 6) is 0. The number of hydrogen-bond donors (Lipinski definition) is 0. The van der Waals surface area contributed by atoms with E-state index in [0.29, 0.717) is 13.4 Å². The highest BCUT2D eigenvalue weighted by Crippen LogP contribution is 2.33. The van der Waals surface area contributed by atoms with E-state index in [0.717, 1.165) is 0 Å². The van der Waals surface area contributed by atoms with Crippen LogP contribution in [0.3, 0.4) is 0 Å². The predicted molar refractivity (Wildman–Crippen MR) is 104 cm³/mol. The second-order valence-electron chi connectivity index (χ2n) is 7.12. The summed E-state index contributed by atoms with van der Waals surface area (Å²) in [6.45, 7) is 10.2. The monoisotopic (exact) mass is 282 g/mol. The minimum absolute atomic E-state index is 0.564. The van der Waals surface area contributed by atoms with Crippen LogP contribution in [-0.2, 0) is 0 Å². The van der Waals surface area contributed by atoms with Crippen molar-refractivity contribution in [3.05, 3.63) is 48.5 Å². The molecule has 0 spiro atoms. The molecule has 0 aliphatic carbocycles. The average Bonchev–Trinajstić information content (AvgIpc) is 2.51. The van der Waals surface area contributed by atoms with Gasteiger partial charge in [-0.1, -0.05) is 86.7 Å². The maximum absolute atomic E-state index is 2.36. The van der Waals surface area contributed by atoms with Gasteiger partial charge in [0.2, 0.25) is 0 Å². The summed E-state index contributed by atoms with van der Waals surface area (Å²) in [6.07, 6.45) is 0. The number of rotatable bonds is 2. The molecule has 0 unspecified atom stereocenters. The Morgan fingerprint density at radius 1 is 0.500 bits per heavy atom. The first-order valence-electron chi connectivity index (χ1n) is 8.27. The topological polar surface area (TPSA) is 0 Å². The zero-order valence-electron chi connectivity index (χ0n) is 13.8. The largest absolute Gasteiger partial charge is 0.169 e. The smallest absolute Gasteiger partial charge is 0.0819 e. The molecule has 0 nitrogen and oxygen atoms in total. The van der Waals surface area contributed by atoms with Crippen molar-refractivity contribution in [1.29, 1.82) is 0 Å². The van der Waals surface area contributed by atoms with E-state index >= 15 is 0 Å². The molecule has 0 N–H and O–H groups in total. The zero-order chi connectivity index (χ0) is 15.4. The first-order valence-corrected chi connectivity index (χ1v) is 8.27. The van der Waals surface area contributed by atoms with Crippen LogP contribution in [0.5, 0.6) is 0 Å². The molecule has 0 saturated heterocycles. The Kier molecular flexibility index (Phi) is 2.97. The summed E-state index contributed by atoms with van der Waals surface area (Å²) >= 11 is 0. The van der Waals surface area contributed by atoms with Crippen molar-refractivity contribution >= 4 is 56.7 Å². The van der Waals surface area contributed by atoms with Crippen LogP contribution in [0.15, 0.2) is 48.5 Å². The van der Waals surface area contributed by atoms with Crippen molar-refractivity contribution in [2.75, 3.05) is 0 Å². The molecule has 0 saturated carbocycles. The number of benzene rings is 4. The van der Waals surface area contributed by atoms with E-state index in [9.17, 15) is 0 Å². The van der Waals surface area contributed by atoms with Crippen LogP contribution >= 0.6 is 0 Å². The van der Waals surface area contributed by atoms with Gasteiger partial charge in [-0.2, -0.15) is 0 Å². The molecule has 106 valence electrons. The summed E-state index contributed by atoms with van der Waals surface area (Å²) in [7, 11) is 0. The molecule has 0 heterocycles. The second-order valence-corrected chi connectivity index (χ2v) is 7.12. The van der Waals surface area contributed by atoms with Crippen LogP contribution in [-0.4, -0.2) is 13.4 Å². The van der Waals surface area contributed by atoms with Gasteiger partial charge in [-0.3, -0.25) is 0 Å². The fraction of sp³-hybridized carbons (Fsp3) is 0.200. The fourth-order valence-corrected chi connectivity index (χ4v) is 3.55. The van der Waals surface area contributed by atoms with E-state index in [2.05, 4.69) is 75.8 Å². The van der Waals surface area contributed by atoms with Crippen molar-refractivity contribution in [3.63, 3.8) is 0 Å². The highest BCUT2D eigenvalue weighted by atomic mass is 14.1. The molecular formula is C20H20B2. The van der Waals surface area contributed by atoms with E-state index in [4.69, 9.17) is 0 Å². The molecule has 0 bridgehead atoms. The molecule has 0 aliphatic heterocycles. The first-order chi connectivity index (χ1) is 10.5. The van der Waals surface area contributed by atoms with Gasteiger partial charge in [-0.25, -0.2) is 0 Å². The molecule has 4 aromatic rings. The molecule has 0 aliphatic rings. The van der Waals surface area contributed by atoms with Gasteiger partial charge in [0, 0.05) is 0 Å². The van der Waals surface area contributed by atoms with Gasteiger partial charge >= 0.3 is 0 Å². The van der Waals surface area contributed by atoms with Crippen LogP contribution in [0.25, 0.3) is 32.3 Å². The standard InChI is InChI=1S/C20H20B2/c1-21(2)17-9-13-5-7-15-11-18(22(3)4)12-16-8-6-14(10-17)19(13)20(15)16/h5-12H,1-4H3.